The van der Waals surface area contributed by atoms with Crippen LogP contribution in [0.3, 0.4) is 0 Å². The molecule has 0 spiro atoms. The van der Waals surface area contributed by atoms with Gasteiger partial charge >= 0.3 is 0 Å². The molecule has 0 aliphatic carbocycles. The first-order valence-corrected chi connectivity index (χ1v) is 7.30. The topological polar surface area (TPSA) is 77.8 Å². The molecule has 0 heterocycles. The van der Waals surface area contributed by atoms with Crippen LogP contribution in [0, 0.1) is 0 Å². The van der Waals surface area contributed by atoms with Crippen LogP contribution in [0.15, 0.2) is 48.5 Å². The Balaban J connectivity index is 2.25. The SMILES string of the molecule is CC(=O)c1ccccc1C(=O)N(O)c1ccc(CC(C)O)cc1. The number of hydrogen-bond acceptors (Lipinski definition) is 4. The lowest BCUT2D eigenvalue weighted by molar-refractivity contribution is 0.0848. The summed E-state index contributed by atoms with van der Waals surface area (Å²) >= 11 is 0. The fraction of sp³-hybridized carbons (Fsp3) is 0.222. The third-order valence-electron chi connectivity index (χ3n) is 3.44. The van der Waals surface area contributed by atoms with E-state index in [0.29, 0.717) is 17.2 Å². The second-order valence-corrected chi connectivity index (χ2v) is 5.44. The molecule has 120 valence electrons. The van der Waals surface area contributed by atoms with E-state index in [1.165, 1.54) is 13.0 Å². The van der Waals surface area contributed by atoms with E-state index in [1.54, 1.807) is 49.4 Å². The van der Waals surface area contributed by atoms with Crippen LogP contribution in [-0.2, 0) is 6.42 Å². The summed E-state index contributed by atoms with van der Waals surface area (Å²) in [6, 6.07) is 13.0. The van der Waals surface area contributed by atoms with Gasteiger partial charge in [0.2, 0.25) is 0 Å². The molecule has 0 bridgehead atoms. The first-order chi connectivity index (χ1) is 10.9. The molecule has 0 aliphatic rings. The molecule has 2 N–H and O–H groups in total. The minimum Gasteiger partial charge on any atom is -0.393 e. The lowest BCUT2D eigenvalue weighted by Crippen LogP contribution is -2.28. The highest BCUT2D eigenvalue weighted by Crippen LogP contribution is 2.19. The van der Waals surface area contributed by atoms with Gasteiger partial charge in [-0.3, -0.25) is 14.8 Å². The van der Waals surface area contributed by atoms with Gasteiger partial charge in [0.25, 0.3) is 5.91 Å². The molecule has 0 saturated heterocycles. The Kier molecular flexibility index (Phi) is 5.26. The number of ketones is 1. The van der Waals surface area contributed by atoms with Gasteiger partial charge in [-0.15, -0.1) is 0 Å². The number of aliphatic hydroxyl groups excluding tert-OH is 1. The largest absolute Gasteiger partial charge is 0.393 e. The first kappa shape index (κ1) is 16.9. The Bertz CT molecular complexity index is 707. The van der Waals surface area contributed by atoms with E-state index < -0.39 is 12.0 Å². The second kappa shape index (κ2) is 7.17. The number of hydrogen-bond donors (Lipinski definition) is 2. The summed E-state index contributed by atoms with van der Waals surface area (Å²) in [5.41, 5.74) is 1.61. The molecule has 1 atom stereocenters. The number of carbonyl (C=O) groups excluding carboxylic acids is 2. The Morgan fingerprint density at radius 3 is 2.13 bits per heavy atom. The normalized spacial score (nSPS) is 11.8. The molecule has 2 rings (SSSR count). The summed E-state index contributed by atoms with van der Waals surface area (Å²) < 4.78 is 0. The lowest BCUT2D eigenvalue weighted by Gasteiger charge is -2.17. The fourth-order valence-electron chi connectivity index (χ4n) is 2.32. The van der Waals surface area contributed by atoms with Crippen LogP contribution >= 0.6 is 0 Å². The molecule has 0 aliphatic heterocycles. The van der Waals surface area contributed by atoms with Crippen molar-refractivity contribution in [1.82, 2.24) is 0 Å². The van der Waals surface area contributed by atoms with Gasteiger partial charge in [-0.25, -0.2) is 0 Å². The molecular formula is C18H19NO4. The Labute approximate surface area is 134 Å². The number of anilines is 1. The predicted octanol–water partition coefficient (Wildman–Crippen LogP) is 2.85. The monoisotopic (exact) mass is 313 g/mol. The minimum atomic E-state index is -0.668. The quantitative estimate of drug-likeness (QED) is 0.505. The van der Waals surface area contributed by atoms with E-state index in [4.69, 9.17) is 0 Å². The first-order valence-electron chi connectivity index (χ1n) is 7.30. The Hall–Kier alpha value is -2.50. The number of nitrogens with zero attached hydrogens (tertiary/aromatic N) is 1. The van der Waals surface area contributed by atoms with Crippen LogP contribution in [0.5, 0.6) is 0 Å². The van der Waals surface area contributed by atoms with Crippen molar-refractivity contribution in [2.45, 2.75) is 26.4 Å². The van der Waals surface area contributed by atoms with E-state index >= 15 is 0 Å². The fourth-order valence-corrected chi connectivity index (χ4v) is 2.32. The van der Waals surface area contributed by atoms with Crippen LogP contribution in [0.2, 0.25) is 0 Å². The van der Waals surface area contributed by atoms with Crippen LogP contribution in [-0.4, -0.2) is 28.1 Å². The van der Waals surface area contributed by atoms with Gasteiger partial charge in [0.05, 0.1) is 17.4 Å². The molecule has 2 aromatic rings. The molecule has 1 amide bonds. The third kappa shape index (κ3) is 4.03. The predicted molar refractivity (Wildman–Crippen MR) is 86.9 cm³/mol. The highest BCUT2D eigenvalue weighted by atomic mass is 16.5. The van der Waals surface area contributed by atoms with Crippen LogP contribution in [0.1, 0.15) is 40.1 Å². The van der Waals surface area contributed by atoms with Gasteiger partial charge in [0.1, 0.15) is 0 Å². The summed E-state index contributed by atoms with van der Waals surface area (Å²) in [5.74, 6) is -0.909. The number of rotatable bonds is 5. The average Bonchev–Trinajstić information content (AvgIpc) is 2.53. The van der Waals surface area contributed by atoms with Crippen LogP contribution in [0.25, 0.3) is 0 Å². The van der Waals surface area contributed by atoms with Gasteiger partial charge in [-0.1, -0.05) is 30.3 Å². The summed E-state index contributed by atoms with van der Waals surface area (Å²) in [6.45, 7) is 3.06. The molecule has 2 aromatic carbocycles. The minimum absolute atomic E-state index is 0.149. The van der Waals surface area contributed by atoms with Gasteiger partial charge in [0, 0.05) is 5.56 Å². The summed E-state index contributed by atoms with van der Waals surface area (Å²) in [5, 5.41) is 20.0. The van der Waals surface area contributed by atoms with Crippen molar-refractivity contribution in [2.75, 3.05) is 5.06 Å². The molecule has 5 nitrogen and oxygen atoms in total. The third-order valence-corrected chi connectivity index (χ3v) is 3.44. The number of benzene rings is 2. The summed E-state index contributed by atoms with van der Waals surface area (Å²) in [4.78, 5) is 24.0. The molecule has 1 unspecified atom stereocenters. The number of carbonyl (C=O) groups is 2. The van der Waals surface area contributed by atoms with Gasteiger partial charge in [0.15, 0.2) is 5.78 Å². The Morgan fingerprint density at radius 2 is 1.61 bits per heavy atom. The molecule has 0 aromatic heterocycles. The smallest absolute Gasteiger partial charge is 0.282 e. The van der Waals surface area contributed by atoms with E-state index in [-0.39, 0.29) is 16.9 Å². The molecule has 5 heteroatoms. The van der Waals surface area contributed by atoms with E-state index in [1.807, 2.05) is 0 Å². The van der Waals surface area contributed by atoms with Gasteiger partial charge in [-0.05, 0) is 44.0 Å². The lowest BCUT2D eigenvalue weighted by atomic mass is 10.0. The van der Waals surface area contributed by atoms with Crippen LogP contribution in [0.4, 0.5) is 5.69 Å². The van der Waals surface area contributed by atoms with Crippen molar-refractivity contribution in [2.24, 2.45) is 0 Å². The van der Waals surface area contributed by atoms with Crippen molar-refractivity contribution in [3.05, 3.63) is 65.2 Å². The number of Topliss-reactive ketones (excluding diaryl/α,β-unsaturated/α-hetero) is 1. The number of amides is 1. The molecular weight excluding hydrogens is 294 g/mol. The summed E-state index contributed by atoms with van der Waals surface area (Å²) in [6.07, 6.45) is 0.0301. The highest BCUT2D eigenvalue weighted by molar-refractivity contribution is 6.12. The Morgan fingerprint density at radius 1 is 1.04 bits per heavy atom. The van der Waals surface area contributed by atoms with Crippen molar-refractivity contribution >= 4 is 17.4 Å². The average molecular weight is 313 g/mol. The molecule has 0 radical (unpaired) electrons. The van der Waals surface area contributed by atoms with Crippen molar-refractivity contribution < 1.29 is 19.9 Å². The summed E-state index contributed by atoms with van der Waals surface area (Å²) in [7, 11) is 0. The zero-order valence-electron chi connectivity index (χ0n) is 13.1. The van der Waals surface area contributed by atoms with Gasteiger partial charge < -0.3 is 5.11 Å². The zero-order chi connectivity index (χ0) is 17.0. The molecule has 23 heavy (non-hydrogen) atoms. The number of hydroxylamine groups is 1. The number of aliphatic hydroxyl groups is 1. The maximum Gasteiger partial charge on any atom is 0.282 e. The molecule has 0 fully saturated rings. The van der Waals surface area contributed by atoms with E-state index in [2.05, 4.69) is 0 Å². The maximum absolute atomic E-state index is 12.4. The van der Waals surface area contributed by atoms with E-state index in [9.17, 15) is 19.9 Å². The van der Waals surface area contributed by atoms with E-state index in [0.717, 1.165) is 5.56 Å². The maximum atomic E-state index is 12.4. The van der Waals surface area contributed by atoms with Crippen molar-refractivity contribution in [1.29, 1.82) is 0 Å². The van der Waals surface area contributed by atoms with Crippen molar-refractivity contribution in [3.8, 4) is 0 Å². The van der Waals surface area contributed by atoms with Crippen molar-refractivity contribution in [3.63, 3.8) is 0 Å². The van der Waals surface area contributed by atoms with Crippen LogP contribution < -0.4 is 5.06 Å². The molecule has 0 saturated carbocycles. The zero-order valence-corrected chi connectivity index (χ0v) is 13.1. The second-order valence-electron chi connectivity index (χ2n) is 5.44. The van der Waals surface area contributed by atoms with Gasteiger partial charge in [-0.2, -0.15) is 5.06 Å². The highest BCUT2D eigenvalue weighted by Gasteiger charge is 2.20. The standard InChI is InChI=1S/C18H19NO4/c1-12(20)11-14-7-9-15(10-8-14)19(23)18(22)17-6-4-3-5-16(17)13(2)21/h3-10,12,20,23H,11H2,1-2H3.